The standard InChI is InChI=1S/C21H21ClN6O4S2/c1-26-5-4-15-17(11-26)33-20(25-15)21(30)28-7-6-27(10-16(28)19(23)29)34(31,32)18-9-12-8-13(22)2-3-14(12)24-18/h2-5,8-9,11,16,20,24H,6-7,10H2,1H3,(H2,23,29)/p+1. The number of piperazine rings is 1. The van der Waals surface area contributed by atoms with Crippen LogP contribution in [-0.4, -0.2) is 65.5 Å². The first-order valence-electron chi connectivity index (χ1n) is 10.4. The van der Waals surface area contributed by atoms with Crippen molar-refractivity contribution in [2.24, 2.45) is 12.8 Å². The Balaban J connectivity index is 1.36. The van der Waals surface area contributed by atoms with Crippen LogP contribution in [0.15, 0.2) is 52.6 Å². The maximum absolute atomic E-state index is 13.3. The first-order chi connectivity index (χ1) is 16.1. The largest absolute Gasteiger partial charge is 0.368 e. The molecule has 1 fully saturated rings. The number of pyridine rings is 1. The van der Waals surface area contributed by atoms with Gasteiger partial charge in [0.05, 0.1) is 10.6 Å². The normalized spacial score (nSPS) is 20.8. The van der Waals surface area contributed by atoms with E-state index in [0.29, 0.717) is 15.9 Å². The third-order valence-corrected chi connectivity index (χ3v) is 9.11. The number of H-pyrrole nitrogens is 1. The van der Waals surface area contributed by atoms with Crippen molar-refractivity contribution in [1.82, 2.24) is 14.2 Å². The lowest BCUT2D eigenvalue weighted by Gasteiger charge is -2.39. The third kappa shape index (κ3) is 4.00. The lowest BCUT2D eigenvalue weighted by Crippen LogP contribution is -2.62. The highest BCUT2D eigenvalue weighted by atomic mass is 35.5. The van der Waals surface area contributed by atoms with Crippen molar-refractivity contribution in [3.05, 3.63) is 47.7 Å². The quantitative estimate of drug-likeness (QED) is 0.436. The van der Waals surface area contributed by atoms with Crippen molar-refractivity contribution >= 4 is 61.8 Å². The maximum Gasteiger partial charge on any atom is 0.258 e. The lowest BCUT2D eigenvalue weighted by atomic mass is 10.1. The zero-order valence-electron chi connectivity index (χ0n) is 18.1. The molecule has 1 aromatic carbocycles. The van der Waals surface area contributed by atoms with Crippen LogP contribution in [0.25, 0.3) is 10.9 Å². The number of nitrogens with two attached hydrogens (primary N) is 1. The number of nitrogens with one attached hydrogen (secondary N) is 2. The number of nitrogens with zero attached hydrogens (tertiary/aromatic N) is 3. The average molecular weight is 522 g/mol. The van der Waals surface area contributed by atoms with Crippen molar-refractivity contribution in [2.45, 2.75) is 21.3 Å². The highest BCUT2D eigenvalue weighted by Crippen LogP contribution is 2.38. The van der Waals surface area contributed by atoms with Crippen LogP contribution in [0, 0.1) is 0 Å². The smallest absolute Gasteiger partial charge is 0.258 e. The molecule has 4 N–H and O–H groups in total. The van der Waals surface area contributed by atoms with E-state index in [1.54, 1.807) is 18.2 Å². The number of rotatable bonds is 4. The summed E-state index contributed by atoms with van der Waals surface area (Å²) in [6.07, 6.45) is 3.77. The van der Waals surface area contributed by atoms with Crippen molar-refractivity contribution in [3.8, 4) is 0 Å². The molecule has 178 valence electrons. The molecule has 0 bridgehead atoms. The first kappa shape index (κ1) is 23.0. The van der Waals surface area contributed by atoms with E-state index >= 15 is 0 Å². The van der Waals surface area contributed by atoms with Gasteiger partial charge in [-0.2, -0.15) is 4.31 Å². The van der Waals surface area contributed by atoms with Gasteiger partial charge in [-0.05, 0) is 24.3 Å². The molecule has 0 saturated carbocycles. The number of hydrogen-bond donors (Lipinski definition) is 3. The summed E-state index contributed by atoms with van der Waals surface area (Å²) in [6.45, 7) is -0.146. The number of fused-ring (bicyclic) bond motifs is 2. The molecular formula is C21H22ClN6O4S2+. The number of thioether (sulfide) groups is 1. The van der Waals surface area contributed by atoms with E-state index in [4.69, 9.17) is 17.3 Å². The van der Waals surface area contributed by atoms with Crippen molar-refractivity contribution < 1.29 is 22.6 Å². The minimum Gasteiger partial charge on any atom is -0.368 e. The number of aromatic nitrogens is 2. The number of benzene rings is 1. The molecular weight excluding hydrogens is 500 g/mol. The zero-order valence-corrected chi connectivity index (χ0v) is 20.5. The van der Waals surface area contributed by atoms with Crippen molar-refractivity contribution in [3.63, 3.8) is 0 Å². The molecule has 13 heteroatoms. The molecule has 0 radical (unpaired) electrons. The van der Waals surface area contributed by atoms with Gasteiger partial charge in [-0.3, -0.25) is 9.59 Å². The van der Waals surface area contributed by atoms with E-state index in [1.807, 2.05) is 30.1 Å². The molecule has 2 aromatic heterocycles. The summed E-state index contributed by atoms with van der Waals surface area (Å²) >= 11 is 7.36. The Morgan fingerprint density at radius 3 is 2.79 bits per heavy atom. The van der Waals surface area contributed by atoms with Gasteiger partial charge in [0.1, 0.15) is 18.1 Å². The van der Waals surface area contributed by atoms with Gasteiger partial charge in [0, 0.05) is 41.6 Å². The molecule has 2 unspecified atom stereocenters. The SMILES string of the molecule is C[n+]1ccc2c(c1)SC(C(=O)N1CCN(S(=O)(=O)c3cc4cc(Cl)ccc4[nH]3)CC1C(N)=O)N2. The van der Waals surface area contributed by atoms with Crippen LogP contribution < -0.4 is 15.6 Å². The summed E-state index contributed by atoms with van der Waals surface area (Å²) in [6, 6.07) is 7.32. The van der Waals surface area contributed by atoms with Crippen molar-refractivity contribution in [1.29, 1.82) is 0 Å². The van der Waals surface area contributed by atoms with Gasteiger partial charge in [-0.15, -0.1) is 0 Å². The fraction of sp³-hybridized carbons (Fsp3) is 0.286. The minimum atomic E-state index is -3.95. The summed E-state index contributed by atoms with van der Waals surface area (Å²) in [4.78, 5) is 30.8. The van der Waals surface area contributed by atoms with Crippen LogP contribution in [0.1, 0.15) is 0 Å². The minimum absolute atomic E-state index is 0.0101. The second-order valence-electron chi connectivity index (χ2n) is 8.21. The zero-order chi connectivity index (χ0) is 24.2. The molecule has 3 aromatic rings. The first-order valence-corrected chi connectivity index (χ1v) is 13.1. The number of hydrogen-bond acceptors (Lipinski definition) is 6. The number of primary amides is 1. The summed E-state index contributed by atoms with van der Waals surface area (Å²) in [7, 11) is -2.07. The predicted octanol–water partition coefficient (Wildman–Crippen LogP) is 0.877. The summed E-state index contributed by atoms with van der Waals surface area (Å²) in [5.74, 6) is -1.08. The molecule has 2 atom stereocenters. The third-order valence-electron chi connectivity index (χ3n) is 5.95. The van der Waals surface area contributed by atoms with Crippen molar-refractivity contribution in [2.75, 3.05) is 25.0 Å². The van der Waals surface area contributed by atoms with E-state index < -0.39 is 27.3 Å². The number of aromatic amines is 1. The molecule has 2 amide bonds. The number of carbonyl (C=O) groups excluding carboxylic acids is 2. The second-order valence-corrected chi connectivity index (χ2v) is 11.7. The number of halogens is 1. The summed E-state index contributed by atoms with van der Waals surface area (Å²) in [5, 5.41) is 3.68. The van der Waals surface area contributed by atoms with E-state index in [-0.39, 0.29) is 30.6 Å². The summed E-state index contributed by atoms with van der Waals surface area (Å²) in [5.41, 5.74) is 7.07. The highest BCUT2D eigenvalue weighted by molar-refractivity contribution is 8.01. The molecule has 0 aliphatic carbocycles. The molecule has 34 heavy (non-hydrogen) atoms. The fourth-order valence-corrected chi connectivity index (χ4v) is 6.97. The number of carbonyl (C=O) groups is 2. The van der Waals surface area contributed by atoms with E-state index in [2.05, 4.69) is 10.3 Å². The van der Waals surface area contributed by atoms with Gasteiger partial charge < -0.3 is 20.9 Å². The number of aryl methyl sites for hydroxylation is 1. The topological polar surface area (TPSA) is 132 Å². The van der Waals surface area contributed by atoms with E-state index in [1.165, 1.54) is 27.0 Å². The van der Waals surface area contributed by atoms with Crippen LogP contribution in [-0.2, 0) is 26.7 Å². The van der Waals surface area contributed by atoms with Gasteiger partial charge in [0.25, 0.3) is 15.9 Å². The average Bonchev–Trinajstić information content (AvgIpc) is 3.42. The van der Waals surface area contributed by atoms with Crippen LogP contribution >= 0.6 is 23.4 Å². The van der Waals surface area contributed by atoms with Gasteiger partial charge in [0.15, 0.2) is 17.8 Å². The Morgan fingerprint density at radius 1 is 1.24 bits per heavy atom. The Labute approximate surface area is 205 Å². The monoisotopic (exact) mass is 521 g/mol. The molecule has 5 rings (SSSR count). The number of sulfonamides is 1. The Kier molecular flexibility index (Phi) is 5.71. The van der Waals surface area contributed by atoms with Gasteiger partial charge in [-0.25, -0.2) is 13.0 Å². The maximum atomic E-state index is 13.3. The lowest BCUT2D eigenvalue weighted by molar-refractivity contribution is -0.673. The Hall–Kier alpha value is -2.80. The second kappa shape index (κ2) is 8.45. The molecule has 0 spiro atoms. The molecule has 10 nitrogen and oxygen atoms in total. The van der Waals surface area contributed by atoms with Crippen LogP contribution in [0.3, 0.4) is 0 Å². The fourth-order valence-electron chi connectivity index (χ4n) is 4.18. The van der Waals surface area contributed by atoms with Crippen LogP contribution in [0.5, 0.6) is 0 Å². The van der Waals surface area contributed by atoms with E-state index in [0.717, 1.165) is 10.6 Å². The summed E-state index contributed by atoms with van der Waals surface area (Å²) < 4.78 is 29.7. The van der Waals surface area contributed by atoms with Crippen LogP contribution in [0.4, 0.5) is 5.69 Å². The molecule has 4 heterocycles. The molecule has 1 saturated heterocycles. The molecule has 2 aliphatic rings. The Morgan fingerprint density at radius 2 is 2.03 bits per heavy atom. The van der Waals surface area contributed by atoms with E-state index in [9.17, 15) is 18.0 Å². The number of anilines is 1. The van der Waals surface area contributed by atoms with Gasteiger partial charge >= 0.3 is 0 Å². The highest BCUT2D eigenvalue weighted by Gasteiger charge is 2.43. The predicted molar refractivity (Wildman–Crippen MR) is 128 cm³/mol. The Bertz CT molecular complexity index is 1430. The van der Waals surface area contributed by atoms with Gasteiger partial charge in [-0.1, -0.05) is 23.4 Å². The van der Waals surface area contributed by atoms with Crippen LogP contribution in [0.2, 0.25) is 5.02 Å². The number of amides is 2. The van der Waals surface area contributed by atoms with Gasteiger partial charge in [0.2, 0.25) is 5.91 Å². The molecule has 2 aliphatic heterocycles.